The number of nitrogens with one attached hydrogen (secondary N) is 1. The summed E-state index contributed by atoms with van der Waals surface area (Å²) in [6.45, 7) is 2.78. The summed E-state index contributed by atoms with van der Waals surface area (Å²) >= 11 is 6.07. The summed E-state index contributed by atoms with van der Waals surface area (Å²) in [5.74, 6) is 0.619. The molecule has 0 spiro atoms. The van der Waals surface area contributed by atoms with Crippen LogP contribution in [0.5, 0.6) is 0 Å². The number of halogens is 2. The van der Waals surface area contributed by atoms with Gasteiger partial charge in [-0.1, -0.05) is 17.7 Å². The fourth-order valence-electron chi connectivity index (χ4n) is 2.18. The summed E-state index contributed by atoms with van der Waals surface area (Å²) in [4.78, 5) is 4.25. The van der Waals surface area contributed by atoms with Crippen LogP contribution in [0.25, 0.3) is 0 Å². The zero-order chi connectivity index (χ0) is 14.5. The van der Waals surface area contributed by atoms with E-state index in [4.69, 9.17) is 11.6 Å². The first-order chi connectivity index (χ1) is 9.65. The van der Waals surface area contributed by atoms with Crippen LogP contribution in [-0.2, 0) is 19.4 Å². The van der Waals surface area contributed by atoms with Crippen LogP contribution in [-0.4, -0.2) is 27.9 Å². The van der Waals surface area contributed by atoms with E-state index in [1.54, 1.807) is 18.5 Å². The van der Waals surface area contributed by atoms with E-state index < -0.39 is 0 Å². The van der Waals surface area contributed by atoms with Crippen LogP contribution in [0.2, 0.25) is 5.02 Å². The molecule has 0 saturated carbocycles. The Morgan fingerprint density at radius 3 is 2.85 bits per heavy atom. The predicted octanol–water partition coefficient (Wildman–Crippen LogP) is 2.46. The highest BCUT2D eigenvalue weighted by molar-refractivity contribution is 6.31. The third kappa shape index (κ3) is 3.35. The summed E-state index contributed by atoms with van der Waals surface area (Å²) in [6, 6.07) is 4.81. The first kappa shape index (κ1) is 14.9. The molecule has 0 aliphatic rings. The second-order valence-corrected chi connectivity index (χ2v) is 4.99. The van der Waals surface area contributed by atoms with Crippen molar-refractivity contribution in [3.05, 3.63) is 46.8 Å². The Morgan fingerprint density at radius 2 is 2.20 bits per heavy atom. The van der Waals surface area contributed by atoms with Crippen LogP contribution in [0.15, 0.2) is 24.5 Å². The number of benzene rings is 1. The maximum absolute atomic E-state index is 13.8. The molecule has 20 heavy (non-hydrogen) atoms. The Morgan fingerprint density at radius 1 is 1.40 bits per heavy atom. The van der Waals surface area contributed by atoms with Gasteiger partial charge in [0.1, 0.15) is 18.0 Å². The molecule has 1 heterocycles. The zero-order valence-corrected chi connectivity index (χ0v) is 12.4. The minimum absolute atomic E-state index is 0.0545. The minimum atomic E-state index is -0.269. The van der Waals surface area contributed by atoms with E-state index in [9.17, 15) is 4.39 Å². The van der Waals surface area contributed by atoms with Crippen molar-refractivity contribution in [3.8, 4) is 0 Å². The lowest BCUT2D eigenvalue weighted by atomic mass is 10.0. The van der Waals surface area contributed by atoms with Gasteiger partial charge >= 0.3 is 0 Å². The van der Waals surface area contributed by atoms with E-state index in [0.717, 1.165) is 12.4 Å². The quantitative estimate of drug-likeness (QED) is 0.890. The van der Waals surface area contributed by atoms with E-state index >= 15 is 0 Å². The van der Waals surface area contributed by atoms with Gasteiger partial charge in [-0.25, -0.2) is 9.37 Å². The highest BCUT2D eigenvalue weighted by Gasteiger charge is 2.16. The molecule has 1 atom stereocenters. The second kappa shape index (κ2) is 6.81. The number of rotatable bonds is 6. The van der Waals surface area contributed by atoms with E-state index in [1.807, 2.05) is 18.7 Å². The Balaban J connectivity index is 2.13. The first-order valence-corrected chi connectivity index (χ1v) is 7.00. The van der Waals surface area contributed by atoms with Crippen molar-refractivity contribution in [2.45, 2.75) is 32.4 Å². The highest BCUT2D eigenvalue weighted by atomic mass is 35.5. The topological polar surface area (TPSA) is 42.7 Å². The van der Waals surface area contributed by atoms with Crippen molar-refractivity contribution in [3.63, 3.8) is 0 Å². The molecule has 1 aromatic carbocycles. The largest absolute Gasteiger partial charge is 0.316 e. The van der Waals surface area contributed by atoms with E-state index in [0.29, 0.717) is 23.4 Å². The van der Waals surface area contributed by atoms with Crippen molar-refractivity contribution in [2.75, 3.05) is 7.05 Å². The van der Waals surface area contributed by atoms with Gasteiger partial charge in [-0.05, 0) is 32.5 Å². The van der Waals surface area contributed by atoms with Gasteiger partial charge in [-0.15, -0.1) is 0 Å². The van der Waals surface area contributed by atoms with Gasteiger partial charge in [-0.3, -0.25) is 4.68 Å². The van der Waals surface area contributed by atoms with Crippen LogP contribution >= 0.6 is 11.6 Å². The normalized spacial score (nSPS) is 12.6. The summed E-state index contributed by atoms with van der Waals surface area (Å²) in [5, 5.41) is 7.79. The van der Waals surface area contributed by atoms with Crippen LogP contribution in [0, 0.1) is 5.82 Å². The van der Waals surface area contributed by atoms with E-state index in [1.165, 1.54) is 6.07 Å². The lowest BCUT2D eigenvalue weighted by molar-refractivity contribution is 0.501. The number of aromatic nitrogens is 3. The third-order valence-electron chi connectivity index (χ3n) is 3.34. The maximum atomic E-state index is 13.8. The summed E-state index contributed by atoms with van der Waals surface area (Å²) in [7, 11) is 1.85. The Labute approximate surface area is 123 Å². The van der Waals surface area contributed by atoms with Crippen molar-refractivity contribution in [2.24, 2.45) is 0 Å². The average molecular weight is 297 g/mol. The fourth-order valence-corrected chi connectivity index (χ4v) is 2.42. The molecule has 0 fully saturated rings. The number of nitrogens with zero attached hydrogens (tertiary/aromatic N) is 3. The van der Waals surface area contributed by atoms with Gasteiger partial charge in [0.05, 0.1) is 0 Å². The molecule has 108 valence electrons. The number of aryl methyl sites for hydroxylation is 1. The number of hydrogen-bond donors (Lipinski definition) is 1. The SMILES string of the molecule is CCn1ncnc1CC(Cc1c(F)cccc1Cl)NC. The van der Waals surface area contributed by atoms with Crippen molar-refractivity contribution in [1.29, 1.82) is 0 Å². The van der Waals surface area contributed by atoms with Gasteiger partial charge in [0.15, 0.2) is 0 Å². The Kier molecular flexibility index (Phi) is 5.09. The smallest absolute Gasteiger partial charge is 0.138 e. The van der Waals surface area contributed by atoms with Crippen LogP contribution in [0.3, 0.4) is 0 Å². The highest BCUT2D eigenvalue weighted by Crippen LogP contribution is 2.21. The monoisotopic (exact) mass is 296 g/mol. The molecule has 2 rings (SSSR count). The standard InChI is InChI=1S/C14H18ClFN4/c1-3-20-14(18-9-19-20)8-10(17-2)7-11-12(15)5-4-6-13(11)16/h4-6,9-10,17H,3,7-8H2,1-2H3. The molecule has 0 aliphatic heterocycles. The van der Waals surface area contributed by atoms with Gasteiger partial charge in [0.25, 0.3) is 0 Å². The predicted molar refractivity (Wildman–Crippen MR) is 77.4 cm³/mol. The molecule has 0 amide bonds. The Bertz CT molecular complexity index is 550. The first-order valence-electron chi connectivity index (χ1n) is 6.62. The maximum Gasteiger partial charge on any atom is 0.138 e. The fraction of sp³-hybridized carbons (Fsp3) is 0.429. The van der Waals surface area contributed by atoms with E-state index in [2.05, 4.69) is 15.4 Å². The molecular formula is C14H18ClFN4. The summed E-state index contributed by atoms with van der Waals surface area (Å²) in [6.07, 6.45) is 2.73. The molecular weight excluding hydrogens is 279 g/mol. The minimum Gasteiger partial charge on any atom is -0.316 e. The van der Waals surface area contributed by atoms with Crippen LogP contribution in [0.4, 0.5) is 4.39 Å². The van der Waals surface area contributed by atoms with Crippen molar-refractivity contribution >= 4 is 11.6 Å². The van der Waals surface area contributed by atoms with Crippen LogP contribution < -0.4 is 5.32 Å². The number of likely N-dealkylation sites (N-methyl/N-ethyl adjacent to an activating group) is 1. The molecule has 0 aliphatic carbocycles. The lowest BCUT2D eigenvalue weighted by Crippen LogP contribution is -2.31. The molecule has 0 bridgehead atoms. The summed E-state index contributed by atoms with van der Waals surface area (Å²) < 4.78 is 15.7. The van der Waals surface area contributed by atoms with E-state index in [-0.39, 0.29) is 11.9 Å². The van der Waals surface area contributed by atoms with Gasteiger partial charge in [0, 0.05) is 29.6 Å². The van der Waals surface area contributed by atoms with Gasteiger partial charge < -0.3 is 5.32 Å². The molecule has 1 unspecified atom stereocenters. The molecule has 6 heteroatoms. The summed E-state index contributed by atoms with van der Waals surface area (Å²) in [5.41, 5.74) is 0.538. The third-order valence-corrected chi connectivity index (χ3v) is 3.70. The molecule has 1 aromatic heterocycles. The van der Waals surface area contributed by atoms with Crippen molar-refractivity contribution < 1.29 is 4.39 Å². The average Bonchev–Trinajstić information content (AvgIpc) is 2.88. The lowest BCUT2D eigenvalue weighted by Gasteiger charge is -2.17. The van der Waals surface area contributed by atoms with Crippen LogP contribution in [0.1, 0.15) is 18.3 Å². The zero-order valence-electron chi connectivity index (χ0n) is 11.6. The second-order valence-electron chi connectivity index (χ2n) is 4.59. The number of hydrogen-bond acceptors (Lipinski definition) is 3. The molecule has 2 aromatic rings. The Hall–Kier alpha value is -1.46. The van der Waals surface area contributed by atoms with Gasteiger partial charge in [-0.2, -0.15) is 5.10 Å². The van der Waals surface area contributed by atoms with Gasteiger partial charge in [0.2, 0.25) is 0 Å². The molecule has 0 radical (unpaired) electrons. The van der Waals surface area contributed by atoms with Crippen molar-refractivity contribution in [1.82, 2.24) is 20.1 Å². The molecule has 4 nitrogen and oxygen atoms in total. The molecule has 1 N–H and O–H groups in total. The molecule has 0 saturated heterocycles.